The van der Waals surface area contributed by atoms with Crippen molar-refractivity contribution >= 4 is 0 Å². The summed E-state index contributed by atoms with van der Waals surface area (Å²) in [5.41, 5.74) is 8.00. The van der Waals surface area contributed by atoms with Gasteiger partial charge in [0.25, 0.3) is 0 Å². The molecule has 1 aromatic carbocycles. The summed E-state index contributed by atoms with van der Waals surface area (Å²) in [6, 6.07) is 12.1. The maximum Gasteiger partial charge on any atom is 0.222 e. The van der Waals surface area contributed by atoms with Crippen LogP contribution in [-0.4, -0.2) is 11.5 Å². The van der Waals surface area contributed by atoms with Gasteiger partial charge < -0.3 is 10.5 Å². The minimum atomic E-state index is 0.101. The lowest BCUT2D eigenvalue weighted by atomic mass is 9.87. The zero-order valence-corrected chi connectivity index (χ0v) is 12.4. The highest BCUT2D eigenvalue weighted by Gasteiger charge is 2.14. The molecule has 0 spiro atoms. The van der Waals surface area contributed by atoms with E-state index in [-0.39, 0.29) is 5.41 Å². The lowest BCUT2D eigenvalue weighted by Crippen LogP contribution is -2.10. The molecule has 0 saturated carbocycles. The Morgan fingerprint density at radius 3 is 2.65 bits per heavy atom. The highest BCUT2D eigenvalue weighted by atomic mass is 16.5. The normalized spacial score (nSPS) is 11.4. The number of aromatic nitrogens is 1. The van der Waals surface area contributed by atoms with Crippen LogP contribution in [0.2, 0.25) is 0 Å². The Labute approximate surface area is 120 Å². The predicted octanol–water partition coefficient (Wildman–Crippen LogP) is 3.67. The van der Waals surface area contributed by atoms with Crippen molar-refractivity contribution < 1.29 is 4.74 Å². The van der Waals surface area contributed by atoms with E-state index < -0.39 is 0 Å². The van der Waals surface area contributed by atoms with Crippen LogP contribution in [0.1, 0.15) is 31.9 Å². The average Bonchev–Trinajstić information content (AvgIpc) is 2.41. The van der Waals surface area contributed by atoms with Gasteiger partial charge in [0.1, 0.15) is 5.75 Å². The molecule has 0 fully saturated rings. The van der Waals surface area contributed by atoms with Crippen LogP contribution in [0.5, 0.6) is 11.6 Å². The summed E-state index contributed by atoms with van der Waals surface area (Å²) < 4.78 is 5.93. The molecule has 0 aliphatic carbocycles. The highest BCUT2D eigenvalue weighted by molar-refractivity contribution is 5.36. The summed E-state index contributed by atoms with van der Waals surface area (Å²) in [6.45, 7) is 7.15. The number of pyridine rings is 1. The third-order valence-corrected chi connectivity index (χ3v) is 3.18. The van der Waals surface area contributed by atoms with Crippen molar-refractivity contribution in [2.45, 2.75) is 32.6 Å². The van der Waals surface area contributed by atoms with Gasteiger partial charge in [-0.1, -0.05) is 39.0 Å². The molecule has 2 N–H and O–H groups in total. The fraction of sp³-hybridized carbons (Fsp3) is 0.353. The van der Waals surface area contributed by atoms with Crippen LogP contribution in [0.3, 0.4) is 0 Å². The van der Waals surface area contributed by atoms with Gasteiger partial charge in [-0.05, 0) is 42.1 Å². The topological polar surface area (TPSA) is 48.1 Å². The van der Waals surface area contributed by atoms with Crippen molar-refractivity contribution in [2.75, 3.05) is 6.54 Å². The Balaban J connectivity index is 2.26. The summed E-state index contributed by atoms with van der Waals surface area (Å²) in [5, 5.41) is 0. The minimum Gasteiger partial charge on any atom is -0.439 e. The Kier molecular flexibility index (Phi) is 4.40. The fourth-order valence-electron chi connectivity index (χ4n) is 2.00. The van der Waals surface area contributed by atoms with E-state index in [9.17, 15) is 0 Å². The zero-order valence-electron chi connectivity index (χ0n) is 12.4. The van der Waals surface area contributed by atoms with Gasteiger partial charge in [0.05, 0.1) is 0 Å². The van der Waals surface area contributed by atoms with E-state index >= 15 is 0 Å². The molecule has 20 heavy (non-hydrogen) atoms. The van der Waals surface area contributed by atoms with Crippen LogP contribution >= 0.6 is 0 Å². The number of benzene rings is 1. The number of nitrogens with zero attached hydrogens (tertiary/aromatic N) is 1. The molecule has 106 valence electrons. The quantitative estimate of drug-likeness (QED) is 0.922. The molecule has 2 rings (SSSR count). The molecule has 1 heterocycles. The van der Waals surface area contributed by atoms with E-state index in [1.807, 2.05) is 24.3 Å². The van der Waals surface area contributed by atoms with Crippen molar-refractivity contribution in [3.05, 3.63) is 53.7 Å². The summed E-state index contributed by atoms with van der Waals surface area (Å²) in [5.74, 6) is 1.46. The van der Waals surface area contributed by atoms with Crippen molar-refractivity contribution in [1.82, 2.24) is 4.98 Å². The Morgan fingerprint density at radius 2 is 1.95 bits per heavy atom. The average molecular weight is 270 g/mol. The third kappa shape index (κ3) is 3.58. The molecule has 0 amide bonds. The van der Waals surface area contributed by atoms with E-state index in [2.05, 4.69) is 37.9 Å². The number of ether oxygens (including phenoxy) is 1. The number of hydrogen-bond donors (Lipinski definition) is 1. The van der Waals surface area contributed by atoms with Gasteiger partial charge in [-0.2, -0.15) is 0 Å². The van der Waals surface area contributed by atoms with Crippen LogP contribution in [0.25, 0.3) is 0 Å². The summed E-state index contributed by atoms with van der Waals surface area (Å²) >= 11 is 0. The van der Waals surface area contributed by atoms with Gasteiger partial charge in [0, 0.05) is 11.8 Å². The minimum absolute atomic E-state index is 0.101. The van der Waals surface area contributed by atoms with E-state index in [0.717, 1.165) is 17.7 Å². The van der Waals surface area contributed by atoms with Crippen LogP contribution < -0.4 is 10.5 Å². The van der Waals surface area contributed by atoms with Crippen molar-refractivity contribution in [1.29, 1.82) is 0 Å². The summed E-state index contributed by atoms with van der Waals surface area (Å²) in [6.07, 6.45) is 2.51. The van der Waals surface area contributed by atoms with Crippen molar-refractivity contribution in [3.63, 3.8) is 0 Å². The van der Waals surface area contributed by atoms with Gasteiger partial charge >= 0.3 is 0 Å². The molecule has 0 aliphatic rings. The second kappa shape index (κ2) is 6.06. The first kappa shape index (κ1) is 14.5. The van der Waals surface area contributed by atoms with Gasteiger partial charge in [0.2, 0.25) is 5.88 Å². The maximum absolute atomic E-state index is 5.93. The molecular weight excluding hydrogens is 248 g/mol. The summed E-state index contributed by atoms with van der Waals surface area (Å²) in [4.78, 5) is 4.31. The molecule has 1 aromatic heterocycles. The van der Waals surface area contributed by atoms with Gasteiger partial charge in [0.15, 0.2) is 0 Å². The Morgan fingerprint density at radius 1 is 1.15 bits per heavy atom. The zero-order chi connectivity index (χ0) is 14.6. The maximum atomic E-state index is 5.93. The second-order valence-electron chi connectivity index (χ2n) is 5.89. The van der Waals surface area contributed by atoms with Crippen LogP contribution in [-0.2, 0) is 11.8 Å². The molecule has 3 heteroatoms. The number of nitrogens with two attached hydrogens (primary N) is 1. The first-order valence-corrected chi connectivity index (χ1v) is 6.93. The van der Waals surface area contributed by atoms with Crippen molar-refractivity contribution in [2.24, 2.45) is 5.73 Å². The first-order chi connectivity index (χ1) is 9.50. The first-order valence-electron chi connectivity index (χ1n) is 6.93. The Bertz CT molecular complexity index is 573. The molecule has 0 saturated heterocycles. The number of rotatable bonds is 4. The second-order valence-corrected chi connectivity index (χ2v) is 5.89. The largest absolute Gasteiger partial charge is 0.439 e. The molecule has 3 nitrogen and oxygen atoms in total. The van der Waals surface area contributed by atoms with Gasteiger partial charge in [-0.15, -0.1) is 0 Å². The fourth-order valence-corrected chi connectivity index (χ4v) is 2.00. The van der Waals surface area contributed by atoms with Crippen LogP contribution in [0.4, 0.5) is 0 Å². The molecule has 0 atom stereocenters. The van der Waals surface area contributed by atoms with E-state index in [4.69, 9.17) is 10.5 Å². The molecule has 0 bridgehead atoms. The predicted molar refractivity (Wildman–Crippen MR) is 82.2 cm³/mol. The lowest BCUT2D eigenvalue weighted by molar-refractivity contribution is 0.453. The molecule has 0 unspecified atom stereocenters. The monoisotopic (exact) mass is 270 g/mol. The summed E-state index contributed by atoms with van der Waals surface area (Å²) in [7, 11) is 0. The van der Waals surface area contributed by atoms with Gasteiger partial charge in [-0.3, -0.25) is 0 Å². The van der Waals surface area contributed by atoms with Gasteiger partial charge in [-0.25, -0.2) is 4.98 Å². The number of hydrogen-bond acceptors (Lipinski definition) is 3. The van der Waals surface area contributed by atoms with E-state index in [0.29, 0.717) is 12.4 Å². The van der Waals surface area contributed by atoms with Crippen molar-refractivity contribution in [3.8, 4) is 11.6 Å². The van der Waals surface area contributed by atoms with E-state index in [1.54, 1.807) is 6.20 Å². The van der Waals surface area contributed by atoms with E-state index in [1.165, 1.54) is 5.56 Å². The molecular formula is C17H22N2O. The molecule has 2 aromatic rings. The SMILES string of the molecule is CC(C)(C)c1cccc(Oc2ncccc2CCN)c1. The molecule has 0 aliphatic heterocycles. The van der Waals surface area contributed by atoms with Crippen LogP contribution in [0, 0.1) is 0 Å². The highest BCUT2D eigenvalue weighted by Crippen LogP contribution is 2.28. The Hall–Kier alpha value is -1.87. The van der Waals surface area contributed by atoms with Crippen LogP contribution in [0.15, 0.2) is 42.6 Å². The smallest absolute Gasteiger partial charge is 0.222 e. The lowest BCUT2D eigenvalue weighted by Gasteiger charge is -2.19. The standard InChI is InChI=1S/C17H22N2O/c1-17(2,3)14-7-4-8-15(12-14)20-16-13(9-10-18)6-5-11-19-16/h4-8,11-12H,9-10,18H2,1-3H3. The third-order valence-electron chi connectivity index (χ3n) is 3.18. The molecule has 0 radical (unpaired) electrons.